The Hall–Kier alpha value is -2.81. The van der Waals surface area contributed by atoms with Crippen LogP contribution in [-0.2, 0) is 4.79 Å². The van der Waals surface area contributed by atoms with Crippen molar-refractivity contribution in [2.24, 2.45) is 0 Å². The molecule has 3 nitrogen and oxygen atoms in total. The molecular weight excluding hydrogens is 360 g/mol. The highest BCUT2D eigenvalue weighted by atomic mass is 16.5. The van der Waals surface area contributed by atoms with E-state index in [1.54, 1.807) is 0 Å². The van der Waals surface area contributed by atoms with Gasteiger partial charge in [-0.2, -0.15) is 0 Å². The molecule has 0 aromatic heterocycles. The van der Waals surface area contributed by atoms with Crippen LogP contribution in [0, 0.1) is 0 Å². The molecule has 0 heterocycles. The molecule has 0 saturated heterocycles. The van der Waals surface area contributed by atoms with Gasteiger partial charge in [-0.3, -0.25) is 0 Å². The third-order valence-corrected chi connectivity index (χ3v) is 2.93. The summed E-state index contributed by atoms with van der Waals surface area (Å²) in [5.41, 5.74) is 0. The first-order chi connectivity index (χ1) is 14.2. The molecule has 0 radical (unpaired) electrons. The number of hydrogen-bond acceptors (Lipinski definition) is 2. The Bertz CT molecular complexity index is 407. The second-order valence-electron chi connectivity index (χ2n) is 4.83. The number of para-hydroxylation sites is 1. The van der Waals surface area contributed by atoms with E-state index in [1.165, 1.54) is 44.9 Å². The molecule has 0 amide bonds. The second-order valence-corrected chi connectivity index (χ2v) is 4.83. The molecule has 1 aromatic rings. The third kappa shape index (κ3) is 45.8. The van der Waals surface area contributed by atoms with Crippen LogP contribution < -0.4 is 4.74 Å². The van der Waals surface area contributed by atoms with Crippen molar-refractivity contribution in [3.8, 4) is 5.75 Å². The number of carboxylic acids is 1. The van der Waals surface area contributed by atoms with Crippen molar-refractivity contribution < 1.29 is 14.6 Å². The van der Waals surface area contributed by atoms with Crippen LogP contribution in [0.15, 0.2) is 95.6 Å². The number of unbranched alkanes of at least 4 members (excludes halogenated alkanes) is 6. The lowest BCUT2D eigenvalue weighted by Gasteiger charge is -2.05. The summed E-state index contributed by atoms with van der Waals surface area (Å²) in [6, 6.07) is 10.1. The van der Waals surface area contributed by atoms with Gasteiger partial charge >= 0.3 is 5.97 Å². The smallest absolute Gasteiger partial charge is 0.327 e. The zero-order valence-electron chi connectivity index (χ0n) is 18.7. The first-order valence-corrected chi connectivity index (χ1v) is 9.74. The highest BCUT2D eigenvalue weighted by Crippen LogP contribution is 2.10. The van der Waals surface area contributed by atoms with Gasteiger partial charge in [-0.25, -0.2) is 4.79 Å². The van der Waals surface area contributed by atoms with Crippen LogP contribution in [0.25, 0.3) is 0 Å². The normalized spacial score (nSPS) is 7.34. The molecule has 1 rings (SSSR count). The van der Waals surface area contributed by atoms with Gasteiger partial charge in [0.15, 0.2) is 0 Å². The fraction of sp³-hybridized carbons (Fsp3) is 0.346. The predicted octanol–water partition coefficient (Wildman–Crippen LogP) is 8.28. The SMILES string of the molecule is C=C.C=C.C=C.C=C.C=CC(=O)O.CCCCCCCCCOc1ccccc1. The van der Waals surface area contributed by atoms with Crippen LogP contribution in [0.5, 0.6) is 5.75 Å². The molecule has 0 bridgehead atoms. The molecule has 3 heteroatoms. The van der Waals surface area contributed by atoms with Gasteiger partial charge < -0.3 is 9.84 Å². The Morgan fingerprint density at radius 3 is 1.59 bits per heavy atom. The molecule has 0 aliphatic rings. The number of carboxylic acid groups (broad SMARTS) is 1. The standard InChI is InChI=1S/C15H24O.C3H4O2.4C2H4/c1-2-3-4-5-6-7-11-14-16-15-12-9-8-10-13-15;1-2-3(4)5;4*1-2/h8-10,12-13H,2-7,11,14H2,1H3;2H,1H2,(H,4,5);4*1-2H2. The number of ether oxygens (including phenoxy) is 1. The van der Waals surface area contributed by atoms with Crippen molar-refractivity contribution in [2.45, 2.75) is 51.9 Å². The van der Waals surface area contributed by atoms with E-state index in [1.807, 2.05) is 30.3 Å². The topological polar surface area (TPSA) is 46.5 Å². The van der Waals surface area contributed by atoms with Gasteiger partial charge in [0.2, 0.25) is 0 Å². The summed E-state index contributed by atoms with van der Waals surface area (Å²) in [6.07, 6.45) is 10.2. The minimum Gasteiger partial charge on any atom is -0.494 e. The summed E-state index contributed by atoms with van der Waals surface area (Å²) < 4.78 is 5.63. The summed E-state index contributed by atoms with van der Waals surface area (Å²) >= 11 is 0. The van der Waals surface area contributed by atoms with E-state index < -0.39 is 5.97 Å². The molecular formula is C26H44O3. The van der Waals surface area contributed by atoms with Crippen LogP contribution in [-0.4, -0.2) is 17.7 Å². The quantitative estimate of drug-likeness (QED) is 0.242. The van der Waals surface area contributed by atoms with Crippen molar-refractivity contribution in [3.63, 3.8) is 0 Å². The maximum absolute atomic E-state index is 9.25. The number of carbonyl (C=O) groups is 1. The van der Waals surface area contributed by atoms with Crippen molar-refractivity contribution in [3.05, 3.63) is 95.6 Å². The number of benzene rings is 1. The summed E-state index contributed by atoms with van der Waals surface area (Å²) in [5.74, 6) is 0.0125. The van der Waals surface area contributed by atoms with Gasteiger partial charge in [0.05, 0.1) is 6.61 Å². The van der Waals surface area contributed by atoms with Crippen LogP contribution in [0.1, 0.15) is 51.9 Å². The average molecular weight is 405 g/mol. The predicted molar refractivity (Wildman–Crippen MR) is 133 cm³/mol. The maximum atomic E-state index is 9.25. The van der Waals surface area contributed by atoms with E-state index in [2.05, 4.69) is 66.1 Å². The second kappa shape index (κ2) is 44.5. The van der Waals surface area contributed by atoms with E-state index in [0.29, 0.717) is 0 Å². The molecule has 0 unspecified atom stereocenters. The Balaban J connectivity index is -0.000000124. The molecule has 1 N–H and O–H groups in total. The lowest BCUT2D eigenvalue weighted by atomic mass is 10.1. The number of aliphatic carboxylic acids is 1. The molecule has 29 heavy (non-hydrogen) atoms. The molecule has 0 aliphatic carbocycles. The van der Waals surface area contributed by atoms with Gasteiger partial charge in [-0.1, -0.05) is 70.2 Å². The highest BCUT2D eigenvalue weighted by Gasteiger charge is 1.93. The lowest BCUT2D eigenvalue weighted by Crippen LogP contribution is -1.96. The molecule has 0 atom stereocenters. The Morgan fingerprint density at radius 2 is 1.21 bits per heavy atom. The minimum absolute atomic E-state index is 0.833. The van der Waals surface area contributed by atoms with Gasteiger partial charge in [0.1, 0.15) is 5.75 Å². The maximum Gasteiger partial charge on any atom is 0.327 e. The van der Waals surface area contributed by atoms with Gasteiger partial charge in [0.25, 0.3) is 0 Å². The van der Waals surface area contributed by atoms with Gasteiger partial charge in [-0.15, -0.1) is 52.6 Å². The van der Waals surface area contributed by atoms with Gasteiger partial charge in [-0.05, 0) is 18.6 Å². The van der Waals surface area contributed by atoms with Crippen LogP contribution in [0.3, 0.4) is 0 Å². The Morgan fingerprint density at radius 1 is 0.828 bits per heavy atom. The minimum atomic E-state index is -0.981. The summed E-state index contributed by atoms with van der Waals surface area (Å²) in [6.45, 7) is 30.1. The van der Waals surface area contributed by atoms with Crippen molar-refractivity contribution in [1.82, 2.24) is 0 Å². The molecule has 0 spiro atoms. The highest BCUT2D eigenvalue weighted by molar-refractivity contribution is 5.78. The largest absolute Gasteiger partial charge is 0.494 e. The molecule has 1 aromatic carbocycles. The molecule has 166 valence electrons. The third-order valence-electron chi connectivity index (χ3n) is 2.93. The van der Waals surface area contributed by atoms with Crippen LogP contribution in [0.4, 0.5) is 0 Å². The van der Waals surface area contributed by atoms with Crippen molar-refractivity contribution in [2.75, 3.05) is 6.61 Å². The van der Waals surface area contributed by atoms with Crippen molar-refractivity contribution in [1.29, 1.82) is 0 Å². The summed E-state index contributed by atoms with van der Waals surface area (Å²) in [5, 5.41) is 7.60. The van der Waals surface area contributed by atoms with Crippen LogP contribution in [0.2, 0.25) is 0 Å². The van der Waals surface area contributed by atoms with E-state index in [-0.39, 0.29) is 0 Å². The van der Waals surface area contributed by atoms with E-state index >= 15 is 0 Å². The first-order valence-electron chi connectivity index (χ1n) is 9.74. The fourth-order valence-electron chi connectivity index (χ4n) is 1.77. The first kappa shape index (κ1) is 37.0. The van der Waals surface area contributed by atoms with E-state index in [9.17, 15) is 4.79 Å². The zero-order chi connectivity index (χ0) is 23.8. The van der Waals surface area contributed by atoms with Crippen molar-refractivity contribution >= 4 is 5.97 Å². The zero-order valence-corrected chi connectivity index (χ0v) is 18.7. The fourth-order valence-corrected chi connectivity index (χ4v) is 1.77. The monoisotopic (exact) mass is 404 g/mol. The molecule has 0 fully saturated rings. The summed E-state index contributed by atoms with van der Waals surface area (Å²) in [7, 11) is 0. The average Bonchev–Trinajstić information content (AvgIpc) is 2.82. The van der Waals surface area contributed by atoms with E-state index in [4.69, 9.17) is 9.84 Å². The Labute approximate surface area is 180 Å². The number of hydrogen-bond donors (Lipinski definition) is 1. The summed E-state index contributed by atoms with van der Waals surface area (Å²) in [4.78, 5) is 9.25. The van der Waals surface area contributed by atoms with E-state index in [0.717, 1.165) is 18.4 Å². The lowest BCUT2D eigenvalue weighted by molar-refractivity contribution is -0.131. The molecule has 0 aliphatic heterocycles. The molecule has 0 saturated carbocycles. The van der Waals surface area contributed by atoms with Gasteiger partial charge in [0, 0.05) is 6.08 Å². The van der Waals surface area contributed by atoms with Crippen LogP contribution >= 0.6 is 0 Å². The number of rotatable bonds is 10. The Kier molecular flexibility index (Phi) is 56.9.